The van der Waals surface area contributed by atoms with Gasteiger partial charge in [0.25, 0.3) is 0 Å². The Kier molecular flexibility index (Phi) is 4.37. The van der Waals surface area contributed by atoms with E-state index in [-0.39, 0.29) is 0 Å². The van der Waals surface area contributed by atoms with Gasteiger partial charge in [-0.25, -0.2) is 0 Å². The lowest BCUT2D eigenvalue weighted by atomic mass is 9.81. The van der Waals surface area contributed by atoms with Gasteiger partial charge in [0.15, 0.2) is 5.96 Å². The van der Waals surface area contributed by atoms with E-state index in [9.17, 15) is 0 Å². The summed E-state index contributed by atoms with van der Waals surface area (Å²) in [6, 6.07) is 8.96. The highest BCUT2D eigenvalue weighted by Crippen LogP contribution is 2.50. The number of nitrogens with one attached hydrogen (secondary N) is 1. The maximum absolute atomic E-state index is 4.66. The van der Waals surface area contributed by atoms with E-state index in [2.05, 4.69) is 54.2 Å². The summed E-state index contributed by atoms with van der Waals surface area (Å²) in [5, 5.41) is 12.2. The van der Waals surface area contributed by atoms with Crippen LogP contribution in [0.3, 0.4) is 0 Å². The molecule has 0 radical (unpaired) electrons. The maximum atomic E-state index is 4.66. The fourth-order valence-corrected chi connectivity index (χ4v) is 5.53. The second-order valence-electron chi connectivity index (χ2n) is 8.70. The molecule has 1 spiro atoms. The molecule has 148 valence electrons. The molecule has 6 heteroatoms. The molecule has 0 saturated heterocycles. The minimum absolute atomic E-state index is 0.327. The fraction of sp³-hybridized carbons (Fsp3) is 0.591. The molecular formula is C22H30N6. The van der Waals surface area contributed by atoms with Gasteiger partial charge >= 0.3 is 0 Å². The number of aryl methyl sites for hydroxylation is 2. The van der Waals surface area contributed by atoms with Crippen molar-refractivity contribution in [1.29, 1.82) is 0 Å². The summed E-state index contributed by atoms with van der Waals surface area (Å²) in [6.45, 7) is 5.05. The van der Waals surface area contributed by atoms with Crippen LogP contribution in [0.2, 0.25) is 0 Å². The Morgan fingerprint density at radius 1 is 1.25 bits per heavy atom. The fourth-order valence-electron chi connectivity index (χ4n) is 5.53. The third kappa shape index (κ3) is 2.81. The third-order valence-electron chi connectivity index (χ3n) is 7.03. The van der Waals surface area contributed by atoms with E-state index in [1.807, 2.05) is 14.0 Å². The first kappa shape index (κ1) is 17.7. The summed E-state index contributed by atoms with van der Waals surface area (Å²) >= 11 is 0. The van der Waals surface area contributed by atoms with Gasteiger partial charge in [-0.3, -0.25) is 4.99 Å². The SMILES string of the molecule is CN=C(NCC1CCc2nnc(C)n2C1)N1CC2(CCCC2)c2ccccc21. The molecular weight excluding hydrogens is 348 g/mol. The number of hydrogen-bond acceptors (Lipinski definition) is 3. The van der Waals surface area contributed by atoms with Crippen molar-refractivity contribution in [3.8, 4) is 0 Å². The number of aromatic nitrogens is 3. The van der Waals surface area contributed by atoms with Crippen molar-refractivity contribution in [2.24, 2.45) is 10.9 Å². The highest BCUT2D eigenvalue weighted by Gasteiger charge is 2.45. The zero-order valence-corrected chi connectivity index (χ0v) is 17.0. The number of benzene rings is 1. The molecule has 2 aliphatic heterocycles. The average molecular weight is 379 g/mol. The Hall–Kier alpha value is -2.37. The van der Waals surface area contributed by atoms with Crippen LogP contribution in [-0.4, -0.2) is 40.9 Å². The number of guanidine groups is 1. The summed E-state index contributed by atoms with van der Waals surface area (Å²) in [5.41, 5.74) is 3.20. The molecule has 0 amide bonds. The van der Waals surface area contributed by atoms with Crippen molar-refractivity contribution in [3.05, 3.63) is 41.5 Å². The summed E-state index contributed by atoms with van der Waals surface area (Å²) < 4.78 is 2.28. The van der Waals surface area contributed by atoms with Crippen LogP contribution in [0.15, 0.2) is 29.3 Å². The van der Waals surface area contributed by atoms with E-state index < -0.39 is 0 Å². The number of fused-ring (bicyclic) bond motifs is 3. The van der Waals surface area contributed by atoms with E-state index >= 15 is 0 Å². The molecule has 1 atom stereocenters. The molecule has 3 aliphatic rings. The minimum Gasteiger partial charge on any atom is -0.356 e. The molecule has 2 aromatic rings. The Morgan fingerprint density at radius 3 is 2.89 bits per heavy atom. The predicted octanol–water partition coefficient (Wildman–Crippen LogP) is 3.06. The lowest BCUT2D eigenvalue weighted by Gasteiger charge is -2.29. The number of anilines is 1. The van der Waals surface area contributed by atoms with Gasteiger partial charge in [0.2, 0.25) is 0 Å². The molecule has 1 unspecified atom stereocenters. The van der Waals surface area contributed by atoms with Gasteiger partial charge in [0.1, 0.15) is 11.6 Å². The lowest BCUT2D eigenvalue weighted by molar-refractivity contribution is 0.359. The van der Waals surface area contributed by atoms with E-state index in [0.717, 1.165) is 50.1 Å². The van der Waals surface area contributed by atoms with E-state index in [1.165, 1.54) is 36.9 Å². The second kappa shape index (κ2) is 6.90. The van der Waals surface area contributed by atoms with Gasteiger partial charge in [0, 0.05) is 44.2 Å². The Bertz CT molecular complexity index is 892. The first-order valence-corrected chi connectivity index (χ1v) is 10.7. The number of aliphatic imine (C=N–C) groups is 1. The molecule has 1 aliphatic carbocycles. The van der Waals surface area contributed by atoms with Crippen molar-refractivity contribution in [1.82, 2.24) is 20.1 Å². The highest BCUT2D eigenvalue weighted by molar-refractivity contribution is 5.98. The van der Waals surface area contributed by atoms with Crippen molar-refractivity contribution in [3.63, 3.8) is 0 Å². The van der Waals surface area contributed by atoms with Crippen LogP contribution in [0, 0.1) is 12.8 Å². The van der Waals surface area contributed by atoms with E-state index in [0.29, 0.717) is 11.3 Å². The summed E-state index contributed by atoms with van der Waals surface area (Å²) in [5.74, 6) is 3.76. The number of rotatable bonds is 2. The van der Waals surface area contributed by atoms with Crippen LogP contribution < -0.4 is 10.2 Å². The molecule has 5 rings (SSSR count). The van der Waals surface area contributed by atoms with Gasteiger partial charge in [-0.15, -0.1) is 10.2 Å². The molecule has 3 heterocycles. The monoisotopic (exact) mass is 378 g/mol. The average Bonchev–Trinajstić information content (AvgIpc) is 3.43. The number of nitrogens with zero attached hydrogens (tertiary/aromatic N) is 5. The van der Waals surface area contributed by atoms with Crippen LogP contribution in [0.4, 0.5) is 5.69 Å². The van der Waals surface area contributed by atoms with Crippen LogP contribution >= 0.6 is 0 Å². The summed E-state index contributed by atoms with van der Waals surface area (Å²) in [4.78, 5) is 7.09. The number of para-hydroxylation sites is 1. The van der Waals surface area contributed by atoms with Gasteiger partial charge < -0.3 is 14.8 Å². The normalized spacial score (nSPS) is 23.1. The predicted molar refractivity (Wildman–Crippen MR) is 112 cm³/mol. The maximum Gasteiger partial charge on any atom is 0.198 e. The Labute approximate surface area is 167 Å². The standard InChI is InChI=1S/C22H30N6/c1-16-25-26-20-10-9-17(14-27(16)20)13-24-21(23-2)28-15-22(11-5-6-12-22)18-7-3-4-8-19(18)28/h3-4,7-8,17H,5-6,9-15H2,1-2H3,(H,23,24). The Morgan fingerprint density at radius 2 is 2.07 bits per heavy atom. The largest absolute Gasteiger partial charge is 0.356 e. The highest BCUT2D eigenvalue weighted by atomic mass is 15.3. The Balaban J connectivity index is 1.31. The summed E-state index contributed by atoms with van der Waals surface area (Å²) in [7, 11) is 1.91. The zero-order valence-electron chi connectivity index (χ0n) is 17.0. The zero-order chi connectivity index (χ0) is 19.1. The summed E-state index contributed by atoms with van der Waals surface area (Å²) in [6.07, 6.45) is 7.46. The van der Waals surface area contributed by atoms with Crippen LogP contribution in [-0.2, 0) is 18.4 Å². The lowest BCUT2D eigenvalue weighted by Crippen LogP contribution is -2.45. The smallest absolute Gasteiger partial charge is 0.198 e. The molecule has 1 fully saturated rings. The second-order valence-corrected chi connectivity index (χ2v) is 8.70. The van der Waals surface area contributed by atoms with Crippen LogP contribution in [0.1, 0.15) is 49.3 Å². The topological polar surface area (TPSA) is 58.3 Å². The van der Waals surface area contributed by atoms with Crippen molar-refractivity contribution in [2.75, 3.05) is 25.0 Å². The van der Waals surface area contributed by atoms with Crippen molar-refractivity contribution >= 4 is 11.6 Å². The van der Waals surface area contributed by atoms with Gasteiger partial charge in [-0.2, -0.15) is 0 Å². The van der Waals surface area contributed by atoms with Gasteiger partial charge in [0.05, 0.1) is 0 Å². The first-order valence-electron chi connectivity index (χ1n) is 10.7. The number of hydrogen-bond donors (Lipinski definition) is 1. The molecule has 1 aromatic heterocycles. The molecule has 1 aromatic carbocycles. The van der Waals surface area contributed by atoms with Crippen molar-refractivity contribution < 1.29 is 0 Å². The molecule has 1 N–H and O–H groups in total. The molecule has 1 saturated carbocycles. The van der Waals surface area contributed by atoms with Crippen molar-refractivity contribution in [2.45, 2.75) is 57.4 Å². The third-order valence-corrected chi connectivity index (χ3v) is 7.03. The van der Waals surface area contributed by atoms with Gasteiger partial charge in [-0.05, 0) is 43.7 Å². The minimum atomic E-state index is 0.327. The van der Waals surface area contributed by atoms with Crippen LogP contribution in [0.5, 0.6) is 0 Å². The van der Waals surface area contributed by atoms with Gasteiger partial charge in [-0.1, -0.05) is 31.0 Å². The molecule has 28 heavy (non-hydrogen) atoms. The molecule has 6 nitrogen and oxygen atoms in total. The van der Waals surface area contributed by atoms with E-state index in [1.54, 1.807) is 0 Å². The molecule has 0 bridgehead atoms. The van der Waals surface area contributed by atoms with Crippen LogP contribution in [0.25, 0.3) is 0 Å². The quantitative estimate of drug-likeness (QED) is 0.645. The first-order chi connectivity index (χ1) is 13.7. The van der Waals surface area contributed by atoms with E-state index in [4.69, 9.17) is 0 Å².